The van der Waals surface area contributed by atoms with Crippen LogP contribution in [0.25, 0.3) is 0 Å². The van der Waals surface area contributed by atoms with Crippen molar-refractivity contribution >= 4 is 18.3 Å². The number of hydrogen-bond donors (Lipinski definition) is 2. The molecule has 3 N–H and O–H groups in total. The summed E-state index contributed by atoms with van der Waals surface area (Å²) in [6.45, 7) is 0.674. The average Bonchev–Trinajstić information content (AvgIpc) is 2.82. The van der Waals surface area contributed by atoms with Crippen LogP contribution in [-0.2, 0) is 11.3 Å². The third-order valence-corrected chi connectivity index (χ3v) is 3.32. The number of amides is 1. The van der Waals surface area contributed by atoms with Gasteiger partial charge in [0.25, 0.3) is 0 Å². The van der Waals surface area contributed by atoms with Gasteiger partial charge >= 0.3 is 0 Å². The molecule has 1 aliphatic rings. The van der Waals surface area contributed by atoms with E-state index in [1.807, 2.05) is 10.8 Å². The van der Waals surface area contributed by atoms with Gasteiger partial charge in [-0.25, -0.2) is 4.98 Å². The fourth-order valence-electron chi connectivity index (χ4n) is 2.27. The first-order valence-corrected chi connectivity index (χ1v) is 6.26. The lowest BCUT2D eigenvalue weighted by Crippen LogP contribution is -2.49. The molecule has 18 heavy (non-hydrogen) atoms. The Labute approximate surface area is 114 Å². The van der Waals surface area contributed by atoms with Crippen molar-refractivity contribution in [2.45, 2.75) is 50.7 Å². The molecular formula is C12H21ClN4O. The Kier molecular flexibility index (Phi) is 6.15. The molecule has 1 aliphatic carbocycles. The summed E-state index contributed by atoms with van der Waals surface area (Å²) in [5.74, 6) is 0.0843. The Hall–Kier alpha value is -1.07. The number of nitrogens with two attached hydrogens (primary N) is 1. The summed E-state index contributed by atoms with van der Waals surface area (Å²) in [5, 5.41) is 3.03. The van der Waals surface area contributed by atoms with Gasteiger partial charge in [-0.1, -0.05) is 12.8 Å². The molecule has 6 heteroatoms. The van der Waals surface area contributed by atoms with Gasteiger partial charge in [-0.2, -0.15) is 0 Å². The van der Waals surface area contributed by atoms with E-state index in [4.69, 9.17) is 5.73 Å². The Balaban J connectivity index is 0.00000162. The van der Waals surface area contributed by atoms with Crippen LogP contribution >= 0.6 is 12.4 Å². The van der Waals surface area contributed by atoms with Crippen LogP contribution in [0.4, 0.5) is 0 Å². The van der Waals surface area contributed by atoms with Gasteiger partial charge in [-0.15, -0.1) is 12.4 Å². The Morgan fingerprint density at radius 3 is 2.89 bits per heavy atom. The van der Waals surface area contributed by atoms with Gasteiger partial charge in [0, 0.05) is 37.4 Å². The second-order valence-electron chi connectivity index (χ2n) is 4.67. The number of carbonyl (C=O) groups is 1. The maximum Gasteiger partial charge on any atom is 0.222 e. The lowest BCUT2D eigenvalue weighted by Gasteiger charge is -2.29. The van der Waals surface area contributed by atoms with Gasteiger partial charge in [0.05, 0.1) is 6.33 Å². The van der Waals surface area contributed by atoms with Crippen LogP contribution in [0.1, 0.15) is 32.1 Å². The largest absolute Gasteiger partial charge is 0.352 e. The van der Waals surface area contributed by atoms with Crippen LogP contribution in [0.15, 0.2) is 18.7 Å². The average molecular weight is 273 g/mol. The van der Waals surface area contributed by atoms with Crippen molar-refractivity contribution in [3.8, 4) is 0 Å². The van der Waals surface area contributed by atoms with Crippen LogP contribution < -0.4 is 11.1 Å². The quantitative estimate of drug-likeness (QED) is 0.862. The molecule has 1 amide bonds. The van der Waals surface area contributed by atoms with E-state index >= 15 is 0 Å². The predicted molar refractivity (Wildman–Crippen MR) is 72.5 cm³/mol. The highest BCUT2D eigenvalue weighted by atomic mass is 35.5. The molecule has 102 valence electrons. The van der Waals surface area contributed by atoms with Crippen LogP contribution in [-0.4, -0.2) is 27.5 Å². The first-order valence-electron chi connectivity index (χ1n) is 6.26. The fourth-order valence-corrected chi connectivity index (χ4v) is 2.27. The summed E-state index contributed by atoms with van der Waals surface area (Å²) < 4.78 is 1.90. The topological polar surface area (TPSA) is 72.9 Å². The first kappa shape index (κ1) is 15.0. The number of rotatable bonds is 4. The van der Waals surface area contributed by atoms with Gasteiger partial charge in [0.2, 0.25) is 5.91 Å². The van der Waals surface area contributed by atoms with Gasteiger partial charge in [-0.05, 0) is 12.8 Å². The fraction of sp³-hybridized carbons (Fsp3) is 0.667. The summed E-state index contributed by atoms with van der Waals surface area (Å²) in [7, 11) is 0. The van der Waals surface area contributed by atoms with Crippen molar-refractivity contribution in [3.05, 3.63) is 18.7 Å². The molecule has 1 aromatic rings. The second-order valence-corrected chi connectivity index (χ2v) is 4.67. The molecule has 0 radical (unpaired) electrons. The van der Waals surface area contributed by atoms with E-state index in [2.05, 4.69) is 10.3 Å². The Bertz CT molecular complexity index is 355. The number of halogens is 1. The molecule has 1 fully saturated rings. The molecule has 5 nitrogen and oxygen atoms in total. The highest BCUT2D eigenvalue weighted by molar-refractivity contribution is 5.85. The Morgan fingerprint density at radius 2 is 2.22 bits per heavy atom. The predicted octanol–water partition coefficient (Wildman–Crippen LogP) is 1.08. The molecule has 0 unspecified atom stereocenters. The number of nitrogens with zero attached hydrogens (tertiary/aromatic N) is 2. The zero-order chi connectivity index (χ0) is 12.1. The standard InChI is InChI=1S/C12H20N4O.ClH/c13-10-3-1-2-4-11(10)15-12(17)5-7-16-8-6-14-9-16;/h6,8-11H,1-5,7,13H2,(H,15,17);1H/t10-,11-;/m1./s1. The van der Waals surface area contributed by atoms with E-state index in [-0.39, 0.29) is 30.4 Å². The summed E-state index contributed by atoms with van der Waals surface area (Å²) >= 11 is 0. The third-order valence-electron chi connectivity index (χ3n) is 3.32. The minimum Gasteiger partial charge on any atom is -0.352 e. The van der Waals surface area contributed by atoms with Crippen molar-refractivity contribution in [2.24, 2.45) is 5.73 Å². The van der Waals surface area contributed by atoms with Gasteiger partial charge in [0.15, 0.2) is 0 Å². The SMILES string of the molecule is Cl.N[C@@H]1CCCC[C@H]1NC(=O)CCn1ccnc1. The van der Waals surface area contributed by atoms with Crippen LogP contribution in [0.3, 0.4) is 0 Å². The minimum absolute atomic E-state index is 0. The first-order chi connectivity index (χ1) is 8.25. The van der Waals surface area contributed by atoms with E-state index in [1.165, 1.54) is 12.8 Å². The molecule has 1 saturated carbocycles. The van der Waals surface area contributed by atoms with Crippen LogP contribution in [0, 0.1) is 0 Å². The van der Waals surface area contributed by atoms with E-state index in [9.17, 15) is 4.79 Å². The zero-order valence-corrected chi connectivity index (χ0v) is 11.2. The van der Waals surface area contributed by atoms with E-state index in [0.29, 0.717) is 13.0 Å². The monoisotopic (exact) mass is 272 g/mol. The molecule has 1 heterocycles. The van der Waals surface area contributed by atoms with Crippen molar-refractivity contribution in [1.29, 1.82) is 0 Å². The normalized spacial score (nSPS) is 23.2. The van der Waals surface area contributed by atoms with Crippen LogP contribution in [0.2, 0.25) is 0 Å². The maximum atomic E-state index is 11.8. The van der Waals surface area contributed by atoms with E-state index < -0.39 is 0 Å². The van der Waals surface area contributed by atoms with Crippen molar-refractivity contribution < 1.29 is 4.79 Å². The second kappa shape index (κ2) is 7.38. The summed E-state index contributed by atoms with van der Waals surface area (Å²) in [5.41, 5.74) is 5.99. The van der Waals surface area contributed by atoms with E-state index in [1.54, 1.807) is 12.5 Å². The number of hydrogen-bond acceptors (Lipinski definition) is 3. The molecule has 0 bridgehead atoms. The Morgan fingerprint density at radius 1 is 1.44 bits per heavy atom. The maximum absolute atomic E-state index is 11.8. The molecule has 0 aliphatic heterocycles. The lowest BCUT2D eigenvalue weighted by atomic mass is 9.91. The third kappa shape index (κ3) is 4.31. The van der Waals surface area contributed by atoms with E-state index in [0.717, 1.165) is 12.8 Å². The summed E-state index contributed by atoms with van der Waals surface area (Å²) in [4.78, 5) is 15.7. The smallest absolute Gasteiger partial charge is 0.222 e. The summed E-state index contributed by atoms with van der Waals surface area (Å²) in [6.07, 6.45) is 10.2. The van der Waals surface area contributed by atoms with Gasteiger partial charge in [0.1, 0.15) is 0 Å². The molecule has 2 rings (SSSR count). The molecule has 0 aromatic carbocycles. The van der Waals surface area contributed by atoms with Gasteiger partial charge < -0.3 is 15.6 Å². The zero-order valence-electron chi connectivity index (χ0n) is 10.4. The number of aromatic nitrogens is 2. The lowest BCUT2D eigenvalue weighted by molar-refractivity contribution is -0.122. The highest BCUT2D eigenvalue weighted by Gasteiger charge is 2.22. The molecule has 0 saturated heterocycles. The number of imidazole rings is 1. The van der Waals surface area contributed by atoms with Crippen molar-refractivity contribution in [2.75, 3.05) is 0 Å². The molecule has 2 atom stereocenters. The van der Waals surface area contributed by atoms with Crippen LogP contribution in [0.5, 0.6) is 0 Å². The number of aryl methyl sites for hydroxylation is 1. The summed E-state index contributed by atoms with van der Waals surface area (Å²) in [6, 6.07) is 0.292. The number of nitrogens with one attached hydrogen (secondary N) is 1. The highest BCUT2D eigenvalue weighted by Crippen LogP contribution is 2.16. The minimum atomic E-state index is 0. The number of carbonyl (C=O) groups excluding carboxylic acids is 1. The molecule has 0 spiro atoms. The van der Waals surface area contributed by atoms with Gasteiger partial charge in [-0.3, -0.25) is 4.79 Å². The molecule has 1 aromatic heterocycles. The molecular weight excluding hydrogens is 252 g/mol. The van der Waals surface area contributed by atoms with Crippen molar-refractivity contribution in [3.63, 3.8) is 0 Å². The van der Waals surface area contributed by atoms with Crippen molar-refractivity contribution in [1.82, 2.24) is 14.9 Å².